The number of rotatable bonds is 11. The third-order valence-electron chi connectivity index (χ3n) is 6.55. The quantitative estimate of drug-likeness (QED) is 0.264. The molecule has 6 heteroatoms. The lowest BCUT2D eigenvalue weighted by molar-refractivity contribution is 0.101. The molecule has 2 aromatic rings. The number of benzene rings is 1. The summed E-state index contributed by atoms with van der Waals surface area (Å²) in [6.07, 6.45) is 12.7. The van der Waals surface area contributed by atoms with Gasteiger partial charge in [0.2, 0.25) is 0 Å². The van der Waals surface area contributed by atoms with E-state index in [-0.39, 0.29) is 17.2 Å². The van der Waals surface area contributed by atoms with Crippen LogP contribution in [0, 0.1) is 17.0 Å². The molecule has 0 radical (unpaired) electrons. The predicted octanol–water partition coefficient (Wildman–Crippen LogP) is 10.7. The first-order chi connectivity index (χ1) is 18.3. The van der Waals surface area contributed by atoms with Crippen molar-refractivity contribution < 1.29 is 13.6 Å². The van der Waals surface area contributed by atoms with E-state index in [1.165, 1.54) is 44.7 Å². The summed E-state index contributed by atoms with van der Waals surface area (Å²) >= 11 is 0. The van der Waals surface area contributed by atoms with Crippen molar-refractivity contribution >= 4 is 23.5 Å². The molecule has 0 unspecified atom stereocenters. The average molecular weight is 546 g/mol. The highest BCUT2D eigenvalue weighted by atomic mass is 19.2. The third-order valence-corrected chi connectivity index (χ3v) is 6.55. The zero-order valence-electron chi connectivity index (χ0n) is 26.3. The van der Waals surface area contributed by atoms with E-state index in [2.05, 4.69) is 72.3 Å². The van der Waals surface area contributed by atoms with Crippen molar-refractivity contribution in [3.05, 3.63) is 52.9 Å². The first-order valence-corrected chi connectivity index (χ1v) is 14.6. The van der Waals surface area contributed by atoms with Crippen LogP contribution >= 0.6 is 0 Å². The second-order valence-electron chi connectivity index (χ2n) is 11.2. The fraction of sp³-hybridized carbons (Fsp3) is 0.606. The minimum Gasteiger partial charge on any atom is -0.294 e. The van der Waals surface area contributed by atoms with Gasteiger partial charge in [0, 0.05) is 5.56 Å². The molecule has 0 bridgehead atoms. The molecule has 0 atom stereocenters. The molecule has 1 heterocycles. The van der Waals surface area contributed by atoms with E-state index in [1.54, 1.807) is 19.1 Å². The molecular formula is C33H53F2N3O. The van der Waals surface area contributed by atoms with Crippen LogP contribution in [-0.4, -0.2) is 20.8 Å². The summed E-state index contributed by atoms with van der Waals surface area (Å²) in [5, 5.41) is 8.52. The van der Waals surface area contributed by atoms with Crippen molar-refractivity contribution in [3.63, 3.8) is 0 Å². The SMILES string of the molecule is C=Cc1c(/C=C(\C)c2ccc(C(C)=O)c(F)c2F)nnn1C(CCC)CCC.CCC(C)(C)C.CCCCC. The molecule has 2 rings (SSSR count). The Balaban J connectivity index is 0.00000110. The van der Waals surface area contributed by atoms with Crippen LogP contribution in [0.3, 0.4) is 0 Å². The first kappa shape index (κ1) is 36.4. The van der Waals surface area contributed by atoms with Crippen LogP contribution < -0.4 is 0 Å². The average Bonchev–Trinajstić information content (AvgIpc) is 3.28. The molecule has 0 saturated carbocycles. The van der Waals surface area contributed by atoms with E-state index in [4.69, 9.17) is 0 Å². The molecule has 220 valence electrons. The van der Waals surface area contributed by atoms with Gasteiger partial charge in [-0.3, -0.25) is 4.79 Å². The Bertz CT molecular complexity index is 1040. The van der Waals surface area contributed by atoms with Crippen molar-refractivity contribution in [2.45, 2.75) is 127 Å². The second-order valence-corrected chi connectivity index (χ2v) is 11.2. The number of carbonyl (C=O) groups is 1. The van der Waals surface area contributed by atoms with Crippen molar-refractivity contribution in [2.24, 2.45) is 5.41 Å². The van der Waals surface area contributed by atoms with E-state index in [0.717, 1.165) is 31.4 Å². The Labute approximate surface area is 237 Å². The Morgan fingerprint density at radius 1 is 0.949 bits per heavy atom. The zero-order valence-corrected chi connectivity index (χ0v) is 26.3. The molecule has 39 heavy (non-hydrogen) atoms. The smallest absolute Gasteiger partial charge is 0.170 e. The highest BCUT2D eigenvalue weighted by Gasteiger charge is 2.19. The number of nitrogens with zero attached hydrogens (tertiary/aromatic N) is 3. The van der Waals surface area contributed by atoms with Crippen LogP contribution in [0.15, 0.2) is 18.7 Å². The van der Waals surface area contributed by atoms with Gasteiger partial charge in [0.1, 0.15) is 5.69 Å². The highest BCUT2D eigenvalue weighted by Crippen LogP contribution is 2.27. The molecule has 0 amide bonds. The maximum absolute atomic E-state index is 14.5. The van der Waals surface area contributed by atoms with E-state index in [0.29, 0.717) is 16.7 Å². The molecule has 0 spiro atoms. The monoisotopic (exact) mass is 545 g/mol. The van der Waals surface area contributed by atoms with Gasteiger partial charge in [0.25, 0.3) is 0 Å². The molecule has 0 aliphatic heterocycles. The fourth-order valence-corrected chi connectivity index (χ4v) is 3.70. The summed E-state index contributed by atoms with van der Waals surface area (Å²) in [5.41, 5.74) is 2.18. The van der Waals surface area contributed by atoms with Crippen molar-refractivity contribution in [3.8, 4) is 0 Å². The van der Waals surface area contributed by atoms with E-state index in [9.17, 15) is 13.6 Å². The maximum Gasteiger partial charge on any atom is 0.170 e. The summed E-state index contributed by atoms with van der Waals surface area (Å²) in [6, 6.07) is 2.94. The highest BCUT2D eigenvalue weighted by molar-refractivity contribution is 5.95. The summed E-state index contributed by atoms with van der Waals surface area (Å²) < 4.78 is 30.5. The van der Waals surface area contributed by atoms with Crippen LogP contribution in [0.4, 0.5) is 8.78 Å². The van der Waals surface area contributed by atoms with Gasteiger partial charge in [-0.1, -0.05) is 112 Å². The number of halogens is 2. The van der Waals surface area contributed by atoms with E-state index < -0.39 is 17.4 Å². The summed E-state index contributed by atoms with van der Waals surface area (Å²) in [6.45, 7) is 24.4. The summed E-state index contributed by atoms with van der Waals surface area (Å²) in [7, 11) is 0. The lowest BCUT2D eigenvalue weighted by Crippen LogP contribution is -2.12. The van der Waals surface area contributed by atoms with Crippen LogP contribution in [-0.2, 0) is 0 Å². The third kappa shape index (κ3) is 12.4. The van der Waals surface area contributed by atoms with Crippen molar-refractivity contribution in [1.82, 2.24) is 15.0 Å². The van der Waals surface area contributed by atoms with E-state index in [1.807, 2.05) is 4.68 Å². The number of unbranched alkanes of at least 4 members (excludes halogenated alkanes) is 2. The van der Waals surface area contributed by atoms with Crippen LogP contribution in [0.1, 0.15) is 154 Å². The summed E-state index contributed by atoms with van der Waals surface area (Å²) in [4.78, 5) is 11.4. The molecule has 1 aromatic carbocycles. The number of hydrogen-bond donors (Lipinski definition) is 0. The van der Waals surface area contributed by atoms with Gasteiger partial charge >= 0.3 is 0 Å². The lowest BCUT2D eigenvalue weighted by Gasteiger charge is -2.17. The Morgan fingerprint density at radius 3 is 1.82 bits per heavy atom. The molecule has 4 nitrogen and oxygen atoms in total. The summed E-state index contributed by atoms with van der Waals surface area (Å²) in [5.74, 6) is -2.68. The van der Waals surface area contributed by atoms with Crippen LogP contribution in [0.5, 0.6) is 0 Å². The van der Waals surface area contributed by atoms with E-state index >= 15 is 0 Å². The molecule has 0 aliphatic carbocycles. The molecule has 0 fully saturated rings. The van der Waals surface area contributed by atoms with Crippen molar-refractivity contribution in [1.29, 1.82) is 0 Å². The standard InChI is InChI=1S/C22H27F2N3O.C6H14.C5H12/c1-6-9-16(10-7-2)27-20(8-3)19(25-26-27)13-14(4)17-11-12-18(15(5)28)22(24)21(17)23;1-5-6(2,3)4;1-3-5-4-2/h8,11-13,16H,3,6-7,9-10H2,1-2,4-5H3;5H2,1-4H3;3-5H2,1-2H3/b14-13+;;. The molecule has 1 aromatic heterocycles. The predicted molar refractivity (Wildman–Crippen MR) is 164 cm³/mol. The normalized spacial score (nSPS) is 11.5. The first-order valence-electron chi connectivity index (χ1n) is 14.6. The van der Waals surface area contributed by atoms with Gasteiger partial charge in [-0.15, -0.1) is 5.10 Å². The number of aromatic nitrogens is 3. The fourth-order valence-electron chi connectivity index (χ4n) is 3.70. The van der Waals surface area contributed by atoms with Gasteiger partial charge in [-0.2, -0.15) is 0 Å². The van der Waals surface area contributed by atoms with Crippen LogP contribution in [0.2, 0.25) is 0 Å². The lowest BCUT2D eigenvalue weighted by atomic mass is 9.94. The number of carbonyl (C=O) groups excluding carboxylic acids is 1. The number of ketones is 1. The maximum atomic E-state index is 14.5. The molecular weight excluding hydrogens is 492 g/mol. The van der Waals surface area contributed by atoms with Gasteiger partial charge < -0.3 is 0 Å². The Kier molecular flexibility index (Phi) is 17.4. The minimum atomic E-state index is -1.13. The van der Waals surface area contributed by atoms with Crippen molar-refractivity contribution in [2.75, 3.05) is 0 Å². The minimum absolute atomic E-state index is 0.0886. The number of hydrogen-bond acceptors (Lipinski definition) is 3. The van der Waals surface area contributed by atoms with Gasteiger partial charge in [-0.25, -0.2) is 13.5 Å². The topological polar surface area (TPSA) is 47.8 Å². The van der Waals surface area contributed by atoms with Gasteiger partial charge in [-0.05, 0) is 55.9 Å². The number of allylic oxidation sites excluding steroid dienone is 1. The Morgan fingerprint density at radius 2 is 1.44 bits per heavy atom. The zero-order chi connectivity index (χ0) is 30.2. The molecule has 0 saturated heterocycles. The van der Waals surface area contributed by atoms with Crippen LogP contribution in [0.25, 0.3) is 17.7 Å². The molecule has 0 N–H and O–H groups in total. The molecule has 0 aliphatic rings. The second kappa shape index (κ2) is 18.6. The number of Topliss-reactive ketones (excluding diaryl/α,β-unsaturated/α-hetero) is 1. The van der Waals surface area contributed by atoms with Gasteiger partial charge in [0.05, 0.1) is 17.3 Å². The van der Waals surface area contributed by atoms with Gasteiger partial charge in [0.15, 0.2) is 17.4 Å². The Hall–Kier alpha value is -2.63. The largest absolute Gasteiger partial charge is 0.294 e.